The Kier molecular flexibility index (Phi) is 3.41. The van der Waals surface area contributed by atoms with E-state index in [0.717, 1.165) is 20.3 Å². The number of H-pyrrole nitrogens is 1. The smallest absolute Gasteiger partial charge is 0.182 e. The Labute approximate surface area is 134 Å². The lowest BCUT2D eigenvalue weighted by molar-refractivity contribution is 1.06. The minimum absolute atomic E-state index is 0.656. The molecule has 0 saturated carbocycles. The summed E-state index contributed by atoms with van der Waals surface area (Å²) in [6, 6.07) is 12.2. The van der Waals surface area contributed by atoms with Gasteiger partial charge in [-0.3, -0.25) is 4.57 Å². The van der Waals surface area contributed by atoms with Crippen LogP contribution in [0.4, 0.5) is 0 Å². The monoisotopic (exact) mass is 400 g/mol. The molecule has 0 spiro atoms. The van der Waals surface area contributed by atoms with E-state index in [9.17, 15) is 0 Å². The van der Waals surface area contributed by atoms with E-state index in [1.807, 2.05) is 22.8 Å². The van der Waals surface area contributed by atoms with Crippen LogP contribution in [0.2, 0.25) is 5.02 Å². The quantitative estimate of drug-likeness (QED) is 0.437. The molecule has 2 nitrogen and oxygen atoms in total. The topological polar surface area (TPSA) is 20.7 Å². The van der Waals surface area contributed by atoms with Crippen LogP contribution in [-0.4, -0.2) is 9.55 Å². The lowest BCUT2D eigenvalue weighted by Crippen LogP contribution is -1.95. The normalized spacial score (nSPS) is 11.1. The molecule has 0 fully saturated rings. The van der Waals surface area contributed by atoms with Crippen LogP contribution in [0.25, 0.3) is 16.7 Å². The van der Waals surface area contributed by atoms with Gasteiger partial charge in [-0.05, 0) is 77.6 Å². The zero-order valence-corrected chi connectivity index (χ0v) is 13.8. The Bertz CT molecular complexity index is 835. The second kappa shape index (κ2) is 4.92. The molecule has 0 saturated heterocycles. The van der Waals surface area contributed by atoms with E-state index in [1.165, 1.54) is 5.56 Å². The molecule has 0 bridgehead atoms. The minimum atomic E-state index is 0.656. The fraction of sp³-hybridized carbons (Fsp3) is 0.0714. The molecule has 0 radical (unpaired) electrons. The summed E-state index contributed by atoms with van der Waals surface area (Å²) in [5.74, 6) is 0. The van der Waals surface area contributed by atoms with Gasteiger partial charge in [0.1, 0.15) is 0 Å². The average molecular weight is 401 g/mol. The summed E-state index contributed by atoms with van der Waals surface area (Å²) in [5.41, 5.74) is 4.17. The summed E-state index contributed by atoms with van der Waals surface area (Å²) in [6.45, 7) is 2.06. The average Bonchev–Trinajstić information content (AvgIpc) is 2.65. The van der Waals surface area contributed by atoms with E-state index < -0.39 is 0 Å². The first-order chi connectivity index (χ1) is 9.06. The molecule has 96 valence electrons. The van der Waals surface area contributed by atoms with Gasteiger partial charge in [-0.15, -0.1) is 0 Å². The van der Waals surface area contributed by atoms with Crippen molar-refractivity contribution in [3.8, 4) is 5.69 Å². The molecule has 0 aliphatic heterocycles. The summed E-state index contributed by atoms with van der Waals surface area (Å²) in [4.78, 5) is 3.23. The molecule has 19 heavy (non-hydrogen) atoms. The lowest BCUT2D eigenvalue weighted by atomic mass is 10.2. The van der Waals surface area contributed by atoms with Crippen molar-refractivity contribution in [3.63, 3.8) is 0 Å². The number of nitrogens with one attached hydrogen (secondary N) is 1. The highest BCUT2D eigenvalue weighted by molar-refractivity contribution is 14.1. The molecule has 0 atom stereocenters. The van der Waals surface area contributed by atoms with Crippen LogP contribution in [0.5, 0.6) is 0 Å². The van der Waals surface area contributed by atoms with Crippen LogP contribution in [0.15, 0.2) is 36.4 Å². The van der Waals surface area contributed by atoms with Gasteiger partial charge in [-0.2, -0.15) is 0 Å². The molecular formula is C14H10ClIN2S. The molecule has 0 aliphatic carbocycles. The number of nitrogens with zero attached hydrogens (tertiary/aromatic N) is 1. The van der Waals surface area contributed by atoms with Crippen molar-refractivity contribution in [2.75, 3.05) is 0 Å². The van der Waals surface area contributed by atoms with Crippen LogP contribution >= 0.6 is 46.4 Å². The first-order valence-corrected chi connectivity index (χ1v) is 7.59. The Morgan fingerprint density at radius 2 is 2.00 bits per heavy atom. The van der Waals surface area contributed by atoms with Crippen molar-refractivity contribution in [1.29, 1.82) is 0 Å². The molecule has 1 heterocycles. The zero-order chi connectivity index (χ0) is 13.6. The number of hydrogen-bond acceptors (Lipinski definition) is 1. The van der Waals surface area contributed by atoms with Crippen molar-refractivity contribution in [2.24, 2.45) is 0 Å². The number of aromatic nitrogens is 2. The number of rotatable bonds is 1. The first-order valence-electron chi connectivity index (χ1n) is 5.73. The van der Waals surface area contributed by atoms with E-state index in [1.54, 1.807) is 0 Å². The third kappa shape index (κ3) is 2.32. The van der Waals surface area contributed by atoms with Crippen molar-refractivity contribution >= 4 is 57.4 Å². The zero-order valence-electron chi connectivity index (χ0n) is 10.1. The van der Waals surface area contributed by atoms with E-state index in [2.05, 4.69) is 52.7 Å². The van der Waals surface area contributed by atoms with Gasteiger partial charge >= 0.3 is 0 Å². The Balaban J connectivity index is 2.36. The molecule has 1 aromatic heterocycles. The number of imidazole rings is 1. The molecule has 3 rings (SSSR count). The van der Waals surface area contributed by atoms with E-state index in [4.69, 9.17) is 23.8 Å². The maximum atomic E-state index is 6.34. The summed E-state index contributed by atoms with van der Waals surface area (Å²) in [6.07, 6.45) is 0. The van der Waals surface area contributed by atoms with Gasteiger partial charge in [-0.1, -0.05) is 17.7 Å². The van der Waals surface area contributed by atoms with Gasteiger partial charge in [0, 0.05) is 3.57 Å². The lowest BCUT2D eigenvalue weighted by Gasteiger charge is -2.07. The van der Waals surface area contributed by atoms with E-state index in [-0.39, 0.29) is 0 Å². The van der Waals surface area contributed by atoms with Gasteiger partial charge < -0.3 is 4.98 Å². The minimum Gasteiger partial charge on any atom is -0.330 e. The van der Waals surface area contributed by atoms with Gasteiger partial charge in [0.2, 0.25) is 0 Å². The fourth-order valence-corrected chi connectivity index (χ4v) is 3.37. The van der Waals surface area contributed by atoms with Gasteiger partial charge in [-0.25, -0.2) is 0 Å². The first kappa shape index (κ1) is 13.1. The van der Waals surface area contributed by atoms with Gasteiger partial charge in [0.25, 0.3) is 0 Å². The van der Waals surface area contributed by atoms with Crippen molar-refractivity contribution in [3.05, 3.63) is 55.3 Å². The van der Waals surface area contributed by atoms with Gasteiger partial charge in [0.15, 0.2) is 4.77 Å². The maximum absolute atomic E-state index is 6.34. The number of hydrogen-bond donors (Lipinski definition) is 1. The fourth-order valence-electron chi connectivity index (χ4n) is 2.13. The number of aryl methyl sites for hydroxylation is 1. The van der Waals surface area contributed by atoms with E-state index >= 15 is 0 Å². The molecule has 2 aromatic carbocycles. The van der Waals surface area contributed by atoms with Crippen molar-refractivity contribution in [2.45, 2.75) is 6.92 Å². The molecule has 1 N–H and O–H groups in total. The highest BCUT2D eigenvalue weighted by Crippen LogP contribution is 2.27. The number of halogens is 2. The maximum Gasteiger partial charge on any atom is 0.182 e. The highest BCUT2D eigenvalue weighted by atomic mass is 127. The number of aromatic amines is 1. The van der Waals surface area contributed by atoms with Crippen LogP contribution in [-0.2, 0) is 0 Å². The predicted molar refractivity (Wildman–Crippen MR) is 90.9 cm³/mol. The Morgan fingerprint density at radius 3 is 2.74 bits per heavy atom. The second-order valence-electron chi connectivity index (χ2n) is 4.38. The molecule has 5 heteroatoms. The molecule has 3 aromatic rings. The second-order valence-corrected chi connectivity index (χ2v) is 6.42. The summed E-state index contributed by atoms with van der Waals surface area (Å²) in [5, 5.41) is 0.699. The van der Waals surface area contributed by atoms with E-state index in [0.29, 0.717) is 9.79 Å². The largest absolute Gasteiger partial charge is 0.330 e. The van der Waals surface area contributed by atoms with Crippen molar-refractivity contribution in [1.82, 2.24) is 9.55 Å². The standard InChI is InChI=1S/C14H10ClIN2S/c1-8-2-4-13-11(6-8)17-14(19)18(13)12-5-3-9(16)7-10(12)15/h2-7H,1H3,(H,17,19). The van der Waals surface area contributed by atoms with Gasteiger partial charge in [0.05, 0.1) is 21.7 Å². The Hall–Kier alpha value is -0.850. The Morgan fingerprint density at radius 1 is 1.21 bits per heavy atom. The summed E-state index contributed by atoms with van der Waals surface area (Å²) < 4.78 is 3.74. The van der Waals surface area contributed by atoms with Crippen LogP contribution in [0.3, 0.4) is 0 Å². The van der Waals surface area contributed by atoms with Crippen LogP contribution < -0.4 is 0 Å². The predicted octanol–water partition coefficient (Wildman–Crippen LogP) is 5.25. The summed E-state index contributed by atoms with van der Waals surface area (Å²) >= 11 is 14.0. The molecule has 0 amide bonds. The number of fused-ring (bicyclic) bond motifs is 1. The third-order valence-corrected chi connectivity index (χ3v) is 4.25. The SMILES string of the molecule is Cc1ccc2c(c1)[nH]c(=S)n2-c1ccc(I)cc1Cl. The molecule has 0 unspecified atom stereocenters. The molecule has 0 aliphatic rings. The third-order valence-electron chi connectivity index (χ3n) is 2.99. The summed E-state index contributed by atoms with van der Waals surface area (Å²) in [7, 11) is 0. The highest BCUT2D eigenvalue weighted by Gasteiger charge is 2.10. The van der Waals surface area contributed by atoms with Crippen molar-refractivity contribution < 1.29 is 0 Å². The van der Waals surface area contributed by atoms with Crippen LogP contribution in [0, 0.1) is 15.3 Å². The number of benzene rings is 2. The van der Waals surface area contributed by atoms with Crippen LogP contribution in [0.1, 0.15) is 5.56 Å². The molecular weight excluding hydrogens is 391 g/mol.